The highest BCUT2D eigenvalue weighted by Crippen LogP contribution is 2.49. The van der Waals surface area contributed by atoms with E-state index in [9.17, 15) is 0 Å². The quantitative estimate of drug-likeness (QED) is 0.140. The first-order valence-corrected chi connectivity index (χ1v) is 23.0. The lowest BCUT2D eigenvalue weighted by Gasteiger charge is -2.29. The van der Waals surface area contributed by atoms with Crippen molar-refractivity contribution >= 4 is 48.6 Å². The number of thiophene rings is 1. The molecule has 1 aliphatic rings. The predicted molar refractivity (Wildman–Crippen MR) is 273 cm³/mol. The first-order chi connectivity index (χ1) is 31.7. The minimum atomic E-state index is 0.295. The molecule has 64 heavy (non-hydrogen) atoms. The first-order valence-electron chi connectivity index (χ1n) is 22.2. The lowest BCUT2D eigenvalue weighted by molar-refractivity contribution is 0.833. The minimum absolute atomic E-state index is 0.295. The number of anilines is 3. The summed E-state index contributed by atoms with van der Waals surface area (Å²) in [5, 5.41) is 2.78. The van der Waals surface area contributed by atoms with Crippen molar-refractivity contribution in [2.24, 2.45) is 0 Å². The Hall–Kier alpha value is -7.78. The van der Waals surface area contributed by atoms with Crippen molar-refractivity contribution in [1.82, 2.24) is 0 Å². The molecule has 11 aromatic rings. The van der Waals surface area contributed by atoms with E-state index in [1.165, 1.54) is 92.5 Å². The van der Waals surface area contributed by atoms with Gasteiger partial charge in [-0.25, -0.2) is 0 Å². The molecule has 0 amide bonds. The van der Waals surface area contributed by atoms with Gasteiger partial charge in [0, 0.05) is 43.0 Å². The third kappa shape index (κ3) is 6.81. The third-order valence-electron chi connectivity index (χ3n) is 13.0. The number of para-hydroxylation sites is 1. The number of hydrogen-bond acceptors (Lipinski definition) is 2. The molecule has 1 atom stereocenters. The summed E-state index contributed by atoms with van der Waals surface area (Å²) in [6.07, 6.45) is 0.970. The van der Waals surface area contributed by atoms with Crippen LogP contribution in [-0.4, -0.2) is 0 Å². The van der Waals surface area contributed by atoms with Crippen LogP contribution < -0.4 is 4.90 Å². The van der Waals surface area contributed by atoms with Crippen molar-refractivity contribution < 1.29 is 0 Å². The lowest BCUT2D eigenvalue weighted by atomic mass is 9.88. The monoisotopic (exact) mass is 833 g/mol. The highest BCUT2D eigenvalue weighted by molar-refractivity contribution is 7.25. The first kappa shape index (κ1) is 37.9. The van der Waals surface area contributed by atoms with Gasteiger partial charge in [0.2, 0.25) is 0 Å². The zero-order valence-corrected chi connectivity index (χ0v) is 36.1. The Balaban J connectivity index is 0.916. The zero-order valence-electron chi connectivity index (χ0n) is 35.2. The van der Waals surface area contributed by atoms with E-state index in [0.717, 1.165) is 23.5 Å². The van der Waals surface area contributed by atoms with Crippen molar-refractivity contribution in [2.45, 2.75) is 12.3 Å². The van der Waals surface area contributed by atoms with Crippen LogP contribution in [0.25, 0.3) is 75.8 Å². The van der Waals surface area contributed by atoms with Crippen molar-refractivity contribution in [3.05, 3.63) is 259 Å². The van der Waals surface area contributed by atoms with Gasteiger partial charge in [0.05, 0.1) is 5.69 Å². The van der Waals surface area contributed by atoms with Gasteiger partial charge in [0.25, 0.3) is 0 Å². The fourth-order valence-electron chi connectivity index (χ4n) is 10.0. The highest BCUT2D eigenvalue weighted by Gasteiger charge is 2.30. The molecule has 1 aromatic heterocycles. The molecule has 12 rings (SSSR count). The Morgan fingerprint density at radius 1 is 0.344 bits per heavy atom. The van der Waals surface area contributed by atoms with Gasteiger partial charge in [-0.15, -0.1) is 11.3 Å². The number of fused-ring (bicyclic) bond motifs is 6. The Bertz CT molecular complexity index is 3480. The molecule has 0 N–H and O–H groups in total. The van der Waals surface area contributed by atoms with E-state index in [1.807, 2.05) is 11.3 Å². The summed E-state index contributed by atoms with van der Waals surface area (Å²) in [7, 11) is 0. The molecular formula is C62H43NS. The van der Waals surface area contributed by atoms with E-state index < -0.39 is 0 Å². The second-order valence-corrected chi connectivity index (χ2v) is 17.9. The molecule has 0 fully saturated rings. The molecule has 0 radical (unpaired) electrons. The largest absolute Gasteiger partial charge is 0.310 e. The molecule has 1 nitrogen and oxygen atoms in total. The third-order valence-corrected chi connectivity index (χ3v) is 14.2. The van der Waals surface area contributed by atoms with Crippen molar-refractivity contribution in [3.63, 3.8) is 0 Å². The lowest BCUT2D eigenvalue weighted by Crippen LogP contribution is -2.11. The molecule has 10 aromatic carbocycles. The summed E-state index contributed by atoms with van der Waals surface area (Å²) in [5.41, 5.74) is 19.8. The highest BCUT2D eigenvalue weighted by atomic mass is 32.1. The second-order valence-electron chi connectivity index (χ2n) is 16.8. The average Bonchev–Trinajstić information content (AvgIpc) is 3.91. The topological polar surface area (TPSA) is 3.24 Å². The number of hydrogen-bond donors (Lipinski definition) is 0. The van der Waals surface area contributed by atoms with Gasteiger partial charge in [-0.2, -0.15) is 0 Å². The Labute approximate surface area is 378 Å². The van der Waals surface area contributed by atoms with E-state index in [0.29, 0.717) is 5.92 Å². The number of nitrogens with zero attached hydrogens (tertiary/aromatic N) is 1. The van der Waals surface area contributed by atoms with E-state index in [1.54, 1.807) is 0 Å². The maximum Gasteiger partial charge on any atom is 0.0540 e. The standard InChI is InChI=1S/C62H43NS/c1-4-17-42(18-5-1)47-34-36-59(56(39-47)43-19-6-2-7-20-43)63(50-25-8-3-9-26-50)51-27-15-23-46(38-51)44-21-14-22-45(37-44)48-33-35-54-57(40-48)52-28-10-11-29-53(52)58(54)41-49-24-16-32-61-62(49)55-30-12-13-31-60(55)64-61/h1-40,58H,41H2. The smallest absolute Gasteiger partial charge is 0.0540 e. The normalized spacial score (nSPS) is 12.9. The zero-order chi connectivity index (χ0) is 42.4. The summed E-state index contributed by atoms with van der Waals surface area (Å²) >= 11 is 1.90. The molecule has 302 valence electrons. The molecule has 0 aliphatic heterocycles. The summed E-state index contributed by atoms with van der Waals surface area (Å²) in [4.78, 5) is 2.40. The summed E-state index contributed by atoms with van der Waals surface area (Å²) in [6, 6.07) is 89.1. The molecule has 0 saturated carbocycles. The van der Waals surface area contributed by atoms with Gasteiger partial charge in [0.15, 0.2) is 0 Å². The minimum Gasteiger partial charge on any atom is -0.310 e. The number of rotatable bonds is 9. The fraction of sp³-hybridized carbons (Fsp3) is 0.0323. The van der Waals surface area contributed by atoms with Crippen molar-refractivity contribution in [1.29, 1.82) is 0 Å². The van der Waals surface area contributed by atoms with Crippen LogP contribution in [0.3, 0.4) is 0 Å². The van der Waals surface area contributed by atoms with Crippen LogP contribution in [0.2, 0.25) is 0 Å². The maximum absolute atomic E-state index is 2.44. The molecule has 0 saturated heterocycles. The SMILES string of the molecule is c1ccc(-c2ccc(N(c3ccccc3)c3cccc(-c4cccc(-c5ccc6c(c5)-c5ccccc5C6Cc5cccc6sc7ccccc7c56)c4)c3)c(-c3ccccc3)c2)cc1. The van der Waals surface area contributed by atoms with Gasteiger partial charge in [-0.3, -0.25) is 0 Å². The van der Waals surface area contributed by atoms with Gasteiger partial charge in [-0.1, -0.05) is 182 Å². The predicted octanol–water partition coefficient (Wildman–Crippen LogP) is 17.5. The molecular weight excluding hydrogens is 791 g/mol. The Morgan fingerprint density at radius 3 is 1.70 bits per heavy atom. The maximum atomic E-state index is 2.44. The van der Waals surface area contributed by atoms with Crippen LogP contribution in [0.4, 0.5) is 17.1 Å². The Kier molecular flexibility index (Phi) is 9.58. The van der Waals surface area contributed by atoms with E-state index in [-0.39, 0.29) is 0 Å². The summed E-state index contributed by atoms with van der Waals surface area (Å²) < 4.78 is 2.73. The van der Waals surface area contributed by atoms with Crippen LogP contribution in [0.15, 0.2) is 243 Å². The number of benzene rings is 10. The molecule has 0 spiro atoms. The van der Waals surface area contributed by atoms with Crippen LogP contribution >= 0.6 is 11.3 Å². The molecule has 1 heterocycles. The van der Waals surface area contributed by atoms with Crippen molar-refractivity contribution in [3.8, 4) is 55.6 Å². The average molecular weight is 834 g/mol. The van der Waals surface area contributed by atoms with Crippen molar-refractivity contribution in [2.75, 3.05) is 4.90 Å². The van der Waals surface area contributed by atoms with Crippen LogP contribution in [0, 0.1) is 0 Å². The van der Waals surface area contributed by atoms with Gasteiger partial charge < -0.3 is 4.90 Å². The van der Waals surface area contributed by atoms with Gasteiger partial charge in [0.1, 0.15) is 0 Å². The molecule has 1 aliphatic carbocycles. The van der Waals surface area contributed by atoms with Crippen LogP contribution in [0.1, 0.15) is 22.6 Å². The Morgan fingerprint density at radius 2 is 0.891 bits per heavy atom. The molecule has 1 unspecified atom stereocenters. The molecule has 0 bridgehead atoms. The summed E-state index contributed by atoms with van der Waals surface area (Å²) in [6.45, 7) is 0. The van der Waals surface area contributed by atoms with E-state index in [2.05, 4.69) is 248 Å². The van der Waals surface area contributed by atoms with E-state index >= 15 is 0 Å². The van der Waals surface area contributed by atoms with E-state index in [4.69, 9.17) is 0 Å². The van der Waals surface area contributed by atoms with Crippen LogP contribution in [-0.2, 0) is 6.42 Å². The second kappa shape index (κ2) is 16.2. The van der Waals surface area contributed by atoms with Gasteiger partial charge >= 0.3 is 0 Å². The summed E-state index contributed by atoms with van der Waals surface area (Å²) in [5.74, 6) is 0.295. The molecule has 2 heteroatoms. The van der Waals surface area contributed by atoms with Gasteiger partial charge in [-0.05, 0) is 134 Å². The fourth-order valence-corrected chi connectivity index (χ4v) is 11.2. The van der Waals surface area contributed by atoms with Crippen LogP contribution in [0.5, 0.6) is 0 Å².